The number of halogens is 2. The van der Waals surface area contributed by atoms with Gasteiger partial charge in [0.1, 0.15) is 4.90 Å². The summed E-state index contributed by atoms with van der Waals surface area (Å²) in [5.41, 5.74) is 3.00. The minimum Gasteiger partial charge on any atom is -0.323 e. The highest BCUT2D eigenvalue weighted by Gasteiger charge is 2.20. The van der Waals surface area contributed by atoms with E-state index in [0.717, 1.165) is 0 Å². The zero-order chi connectivity index (χ0) is 14.8. The lowest BCUT2D eigenvalue weighted by Crippen LogP contribution is -2.18. The van der Waals surface area contributed by atoms with Crippen molar-refractivity contribution >= 4 is 53.3 Å². The second kappa shape index (κ2) is 6.08. The van der Waals surface area contributed by atoms with Gasteiger partial charge in [0.2, 0.25) is 0 Å². The second-order valence-corrected chi connectivity index (χ2v) is 7.08. The van der Waals surface area contributed by atoms with Crippen LogP contribution in [0.5, 0.6) is 0 Å². The molecule has 0 aliphatic heterocycles. The Kier molecular flexibility index (Phi) is 4.63. The molecule has 0 bridgehead atoms. The van der Waals surface area contributed by atoms with Crippen molar-refractivity contribution in [3.63, 3.8) is 0 Å². The van der Waals surface area contributed by atoms with Crippen LogP contribution in [-0.4, -0.2) is 13.4 Å². The summed E-state index contributed by atoms with van der Waals surface area (Å²) in [7, 11) is -3.82. The quantitative estimate of drug-likeness (QED) is 0.520. The molecule has 0 aliphatic carbocycles. The van der Waals surface area contributed by atoms with Gasteiger partial charge in [-0.1, -0.05) is 6.07 Å². The average Bonchev–Trinajstić information content (AvgIpc) is 2.43. The fourth-order valence-corrected chi connectivity index (χ4v) is 4.17. The fourth-order valence-electron chi connectivity index (χ4n) is 1.50. The number of benzene rings is 1. The molecule has 1 heterocycles. The zero-order valence-corrected chi connectivity index (χ0v) is 14.0. The fraction of sp³-hybridized carbons (Fsp3) is 0. The number of nitrogens with one attached hydrogen (secondary N) is 2. The summed E-state index contributed by atoms with van der Waals surface area (Å²) in [6.45, 7) is 0. The maximum absolute atomic E-state index is 12.4. The Morgan fingerprint density at radius 1 is 1.15 bits per heavy atom. The normalized spacial score (nSPS) is 11.2. The first-order valence-corrected chi connectivity index (χ1v) is 8.40. The van der Waals surface area contributed by atoms with Gasteiger partial charge in [-0.25, -0.2) is 8.42 Å². The first-order chi connectivity index (χ1) is 9.45. The van der Waals surface area contributed by atoms with Crippen LogP contribution >= 0.6 is 31.9 Å². The molecule has 1 aromatic carbocycles. The predicted molar refractivity (Wildman–Crippen MR) is 84.7 cm³/mol. The smallest absolute Gasteiger partial charge is 0.265 e. The van der Waals surface area contributed by atoms with Crippen molar-refractivity contribution in [3.05, 3.63) is 45.6 Å². The van der Waals surface area contributed by atoms with Crippen LogP contribution in [0.25, 0.3) is 0 Å². The summed E-state index contributed by atoms with van der Waals surface area (Å²) in [4.78, 5) is 3.77. The first-order valence-electron chi connectivity index (χ1n) is 5.33. The largest absolute Gasteiger partial charge is 0.323 e. The lowest BCUT2D eigenvalue weighted by molar-refractivity contribution is 0.601. The van der Waals surface area contributed by atoms with Crippen LogP contribution in [0, 0.1) is 0 Å². The molecule has 0 amide bonds. The Morgan fingerprint density at radius 2 is 1.80 bits per heavy atom. The third-order valence-electron chi connectivity index (χ3n) is 2.43. The van der Waals surface area contributed by atoms with E-state index < -0.39 is 10.0 Å². The van der Waals surface area contributed by atoms with E-state index in [2.05, 4.69) is 47.0 Å². The Labute approximate surface area is 133 Å². The summed E-state index contributed by atoms with van der Waals surface area (Å²) in [6, 6.07) is 6.72. The van der Waals surface area contributed by atoms with Gasteiger partial charge in [0.25, 0.3) is 10.0 Å². The SMILES string of the molecule is NNc1ccncc1S(=O)(=O)Nc1c(Br)cccc1Br. The van der Waals surface area contributed by atoms with Crippen molar-refractivity contribution in [2.75, 3.05) is 10.1 Å². The molecule has 0 fully saturated rings. The summed E-state index contributed by atoms with van der Waals surface area (Å²) in [6.07, 6.45) is 2.67. The van der Waals surface area contributed by atoms with Gasteiger partial charge in [-0.2, -0.15) is 0 Å². The molecule has 0 radical (unpaired) electrons. The molecule has 0 saturated heterocycles. The van der Waals surface area contributed by atoms with Gasteiger partial charge >= 0.3 is 0 Å². The van der Waals surface area contributed by atoms with Crippen molar-refractivity contribution in [1.82, 2.24) is 4.98 Å². The van der Waals surface area contributed by atoms with Crippen LogP contribution in [0.1, 0.15) is 0 Å². The van der Waals surface area contributed by atoms with E-state index >= 15 is 0 Å². The van der Waals surface area contributed by atoms with E-state index in [1.807, 2.05) is 0 Å². The summed E-state index contributed by atoms with van der Waals surface area (Å²) in [5, 5.41) is 0. The van der Waals surface area contributed by atoms with Crippen LogP contribution in [-0.2, 0) is 10.0 Å². The molecule has 6 nitrogen and oxygen atoms in total. The second-order valence-electron chi connectivity index (χ2n) is 3.72. The lowest BCUT2D eigenvalue weighted by Gasteiger charge is -2.13. The van der Waals surface area contributed by atoms with Crippen molar-refractivity contribution in [2.24, 2.45) is 5.84 Å². The molecule has 0 aliphatic rings. The number of nitrogen functional groups attached to an aromatic ring is 1. The molecule has 106 valence electrons. The van der Waals surface area contributed by atoms with E-state index in [1.54, 1.807) is 18.2 Å². The topological polar surface area (TPSA) is 97.1 Å². The van der Waals surface area contributed by atoms with E-state index in [9.17, 15) is 8.42 Å². The van der Waals surface area contributed by atoms with Crippen molar-refractivity contribution < 1.29 is 8.42 Å². The van der Waals surface area contributed by atoms with E-state index in [4.69, 9.17) is 5.84 Å². The van der Waals surface area contributed by atoms with Crippen LogP contribution in [0.2, 0.25) is 0 Å². The minimum absolute atomic E-state index is 0.0369. The molecular weight excluding hydrogens is 412 g/mol. The third kappa shape index (κ3) is 3.11. The van der Waals surface area contributed by atoms with Gasteiger partial charge in [0, 0.05) is 21.3 Å². The lowest BCUT2D eigenvalue weighted by atomic mass is 10.3. The van der Waals surface area contributed by atoms with Gasteiger partial charge < -0.3 is 5.43 Å². The number of aromatic nitrogens is 1. The molecule has 2 rings (SSSR count). The molecule has 0 saturated carbocycles. The number of hydrazine groups is 1. The standard InChI is InChI=1S/C11H10Br2N4O2S/c12-7-2-1-3-8(13)11(7)17-20(18,19)10-6-15-5-4-9(10)16-14/h1-6,17H,14H2,(H,15,16). The zero-order valence-electron chi connectivity index (χ0n) is 9.97. The number of nitrogens with two attached hydrogens (primary N) is 1. The number of anilines is 2. The first kappa shape index (κ1) is 15.2. The highest BCUT2D eigenvalue weighted by molar-refractivity contribution is 9.11. The van der Waals surface area contributed by atoms with Crippen molar-refractivity contribution in [1.29, 1.82) is 0 Å². The van der Waals surface area contributed by atoms with Crippen LogP contribution in [0.4, 0.5) is 11.4 Å². The van der Waals surface area contributed by atoms with Crippen molar-refractivity contribution in [2.45, 2.75) is 4.90 Å². The molecule has 20 heavy (non-hydrogen) atoms. The average molecular weight is 422 g/mol. The monoisotopic (exact) mass is 420 g/mol. The van der Waals surface area contributed by atoms with Gasteiger partial charge in [0.15, 0.2) is 0 Å². The van der Waals surface area contributed by atoms with Crippen LogP contribution in [0.3, 0.4) is 0 Å². The molecule has 2 aromatic rings. The number of nitrogens with zero attached hydrogens (tertiary/aromatic N) is 1. The van der Waals surface area contributed by atoms with E-state index in [-0.39, 0.29) is 10.6 Å². The summed E-state index contributed by atoms with van der Waals surface area (Å²) < 4.78 is 28.5. The van der Waals surface area contributed by atoms with Crippen LogP contribution in [0.15, 0.2) is 50.5 Å². The number of sulfonamides is 1. The molecule has 0 unspecified atom stereocenters. The maximum atomic E-state index is 12.4. The highest BCUT2D eigenvalue weighted by atomic mass is 79.9. The molecule has 0 spiro atoms. The number of para-hydroxylation sites is 1. The molecular formula is C11H10Br2N4O2S. The number of pyridine rings is 1. The minimum atomic E-state index is -3.82. The van der Waals surface area contributed by atoms with Gasteiger partial charge in [-0.15, -0.1) is 0 Å². The molecule has 1 aromatic heterocycles. The van der Waals surface area contributed by atoms with E-state index in [1.165, 1.54) is 18.5 Å². The highest BCUT2D eigenvalue weighted by Crippen LogP contribution is 2.33. The number of hydrogen-bond acceptors (Lipinski definition) is 5. The number of rotatable bonds is 4. The third-order valence-corrected chi connectivity index (χ3v) is 5.13. The Balaban J connectivity index is 2.47. The summed E-state index contributed by atoms with van der Waals surface area (Å²) >= 11 is 6.59. The number of hydrogen-bond donors (Lipinski definition) is 3. The van der Waals surface area contributed by atoms with Gasteiger partial charge in [-0.05, 0) is 50.1 Å². The Hall–Kier alpha value is -1.16. The molecule has 4 N–H and O–H groups in total. The Bertz CT molecular complexity index is 717. The van der Waals surface area contributed by atoms with Crippen molar-refractivity contribution in [3.8, 4) is 0 Å². The molecule has 0 atom stereocenters. The molecule has 9 heteroatoms. The van der Waals surface area contributed by atoms with Crippen LogP contribution < -0.4 is 16.0 Å². The van der Waals surface area contributed by atoms with Gasteiger partial charge in [0.05, 0.1) is 11.4 Å². The Morgan fingerprint density at radius 3 is 2.40 bits per heavy atom. The maximum Gasteiger partial charge on any atom is 0.265 e. The van der Waals surface area contributed by atoms with E-state index in [0.29, 0.717) is 14.6 Å². The summed E-state index contributed by atoms with van der Waals surface area (Å²) in [5.74, 6) is 5.31. The predicted octanol–water partition coefficient (Wildman–Crippen LogP) is 2.69. The van der Waals surface area contributed by atoms with Gasteiger partial charge in [-0.3, -0.25) is 15.5 Å².